The van der Waals surface area contributed by atoms with E-state index in [0.29, 0.717) is 24.2 Å². The van der Waals surface area contributed by atoms with Gasteiger partial charge in [-0.2, -0.15) is 0 Å². The minimum atomic E-state index is -0.233. The lowest BCUT2D eigenvalue weighted by atomic mass is 10.1. The Morgan fingerprint density at radius 3 is 2.38 bits per heavy atom. The van der Waals surface area contributed by atoms with Gasteiger partial charge >= 0.3 is 0 Å². The van der Waals surface area contributed by atoms with Crippen LogP contribution in [-0.4, -0.2) is 36.0 Å². The van der Waals surface area contributed by atoms with E-state index in [1.807, 2.05) is 0 Å². The first-order chi connectivity index (χ1) is 10.2. The first-order valence-corrected chi connectivity index (χ1v) is 7.36. The van der Waals surface area contributed by atoms with Gasteiger partial charge in [-0.1, -0.05) is 31.6 Å². The summed E-state index contributed by atoms with van der Waals surface area (Å²) in [5.74, 6) is -0.465. The first-order valence-electron chi connectivity index (χ1n) is 7.36. The van der Waals surface area contributed by atoms with Crippen molar-refractivity contribution >= 4 is 11.8 Å². The third kappa shape index (κ3) is 3.39. The zero-order valence-corrected chi connectivity index (χ0v) is 12.4. The number of rotatable bonds is 8. The van der Waals surface area contributed by atoms with Gasteiger partial charge < -0.3 is 4.74 Å². The van der Waals surface area contributed by atoms with E-state index in [0.717, 1.165) is 12.8 Å². The van der Waals surface area contributed by atoms with Gasteiger partial charge in [0.25, 0.3) is 11.8 Å². The number of hydrogen-bond donors (Lipinski definition) is 0. The zero-order chi connectivity index (χ0) is 15.2. The second kappa shape index (κ2) is 7.18. The van der Waals surface area contributed by atoms with Crippen LogP contribution in [0.1, 0.15) is 46.9 Å². The third-order valence-electron chi connectivity index (χ3n) is 3.55. The van der Waals surface area contributed by atoms with E-state index in [2.05, 4.69) is 13.5 Å². The summed E-state index contributed by atoms with van der Waals surface area (Å²) < 4.78 is 5.76. The van der Waals surface area contributed by atoms with Crippen LogP contribution in [-0.2, 0) is 4.74 Å². The highest BCUT2D eigenvalue weighted by Gasteiger charge is 2.36. The summed E-state index contributed by atoms with van der Waals surface area (Å²) in [7, 11) is 0. The Morgan fingerprint density at radius 1 is 1.24 bits per heavy atom. The van der Waals surface area contributed by atoms with Crippen LogP contribution >= 0.6 is 0 Å². The van der Waals surface area contributed by atoms with Gasteiger partial charge in [0.2, 0.25) is 0 Å². The average molecular weight is 287 g/mol. The predicted octanol–water partition coefficient (Wildman–Crippen LogP) is 3.04. The Labute approximate surface area is 125 Å². The van der Waals surface area contributed by atoms with E-state index in [-0.39, 0.29) is 24.5 Å². The summed E-state index contributed by atoms with van der Waals surface area (Å²) in [6.07, 6.45) is 4.21. The number of nitrogens with zero attached hydrogens (tertiary/aromatic N) is 1. The van der Waals surface area contributed by atoms with Crippen LogP contribution in [0.5, 0.6) is 0 Å². The molecule has 21 heavy (non-hydrogen) atoms. The lowest BCUT2D eigenvalue weighted by Crippen LogP contribution is -2.38. The molecule has 0 spiro atoms. The van der Waals surface area contributed by atoms with E-state index in [4.69, 9.17) is 4.74 Å². The fourth-order valence-electron chi connectivity index (χ4n) is 2.38. The number of imide groups is 1. The van der Waals surface area contributed by atoms with Crippen molar-refractivity contribution in [3.63, 3.8) is 0 Å². The van der Waals surface area contributed by atoms with Crippen LogP contribution in [0.3, 0.4) is 0 Å². The molecule has 1 atom stereocenters. The van der Waals surface area contributed by atoms with Gasteiger partial charge in [-0.25, -0.2) is 0 Å². The molecule has 0 aliphatic carbocycles. The molecular formula is C17H21NO3. The molecule has 0 unspecified atom stereocenters. The second-order valence-electron chi connectivity index (χ2n) is 5.14. The number of benzene rings is 1. The summed E-state index contributed by atoms with van der Waals surface area (Å²) in [4.78, 5) is 25.9. The highest BCUT2D eigenvalue weighted by molar-refractivity contribution is 6.21. The summed E-state index contributed by atoms with van der Waals surface area (Å²) in [5, 5.41) is 0. The Hall–Kier alpha value is -1.94. The Bertz CT molecular complexity index is 504. The smallest absolute Gasteiger partial charge is 0.261 e. The number of fused-ring (bicyclic) bond motifs is 1. The predicted molar refractivity (Wildman–Crippen MR) is 81.3 cm³/mol. The molecule has 0 aromatic heterocycles. The van der Waals surface area contributed by atoms with Crippen LogP contribution in [0, 0.1) is 0 Å². The molecule has 0 saturated heterocycles. The number of amides is 2. The number of ether oxygens (including phenoxy) is 1. The Balaban J connectivity index is 2.06. The third-order valence-corrected chi connectivity index (χ3v) is 3.55. The lowest BCUT2D eigenvalue weighted by Gasteiger charge is -2.22. The molecule has 0 N–H and O–H groups in total. The molecule has 1 heterocycles. The minimum absolute atomic E-state index is 0.184. The van der Waals surface area contributed by atoms with Crippen molar-refractivity contribution in [2.24, 2.45) is 0 Å². The van der Waals surface area contributed by atoms with Crippen LogP contribution in [0.15, 0.2) is 36.9 Å². The van der Waals surface area contributed by atoms with E-state index >= 15 is 0 Å². The molecule has 4 nitrogen and oxygen atoms in total. The van der Waals surface area contributed by atoms with Gasteiger partial charge in [0.1, 0.15) is 0 Å². The molecule has 2 rings (SSSR count). The van der Waals surface area contributed by atoms with Crippen LogP contribution in [0.2, 0.25) is 0 Å². The number of unbranched alkanes of at least 4 members (excludes halogenated alkanes) is 1. The van der Waals surface area contributed by atoms with E-state index in [1.54, 1.807) is 30.3 Å². The fraction of sp³-hybridized carbons (Fsp3) is 0.412. The largest absolute Gasteiger partial charge is 0.376 e. The highest BCUT2D eigenvalue weighted by atomic mass is 16.5. The molecule has 1 aliphatic heterocycles. The Kier molecular flexibility index (Phi) is 5.28. The molecule has 0 bridgehead atoms. The average Bonchev–Trinajstić information content (AvgIpc) is 2.73. The highest BCUT2D eigenvalue weighted by Crippen LogP contribution is 2.23. The molecular weight excluding hydrogens is 266 g/mol. The maximum absolute atomic E-state index is 12.3. The van der Waals surface area contributed by atoms with E-state index in [1.165, 1.54) is 4.90 Å². The van der Waals surface area contributed by atoms with Gasteiger partial charge in [0.05, 0.1) is 23.8 Å². The van der Waals surface area contributed by atoms with Crippen molar-refractivity contribution in [3.05, 3.63) is 48.0 Å². The van der Waals surface area contributed by atoms with Crippen molar-refractivity contribution in [3.8, 4) is 0 Å². The van der Waals surface area contributed by atoms with Gasteiger partial charge in [-0.15, -0.1) is 6.58 Å². The van der Waals surface area contributed by atoms with Crippen molar-refractivity contribution < 1.29 is 14.3 Å². The van der Waals surface area contributed by atoms with Gasteiger partial charge in [0.15, 0.2) is 0 Å². The topological polar surface area (TPSA) is 46.6 Å². The summed E-state index contributed by atoms with van der Waals surface area (Å²) in [5.41, 5.74) is 0.960. The van der Waals surface area contributed by atoms with Crippen molar-refractivity contribution in [1.29, 1.82) is 0 Å². The molecule has 4 heteroatoms. The van der Waals surface area contributed by atoms with Crippen LogP contribution in [0.4, 0.5) is 0 Å². The van der Waals surface area contributed by atoms with Crippen molar-refractivity contribution in [2.75, 3.05) is 13.2 Å². The maximum atomic E-state index is 12.3. The quantitative estimate of drug-likeness (QED) is 0.419. The molecule has 2 amide bonds. The molecule has 1 aromatic carbocycles. The molecule has 0 saturated carbocycles. The van der Waals surface area contributed by atoms with Gasteiger partial charge in [-0.3, -0.25) is 14.5 Å². The van der Waals surface area contributed by atoms with Crippen molar-refractivity contribution in [2.45, 2.75) is 32.3 Å². The molecule has 1 aromatic rings. The number of carbonyl (C=O) groups excluding carboxylic acids is 2. The standard InChI is InChI=1S/C17H21NO3/c1-3-5-11-21-13(8-4-2)12-18-16(19)14-9-6-7-10-15(14)17(18)20/h4,6-7,9-10,13H,2-3,5,8,11-12H2,1H3/t13-/m1/s1. The molecule has 1 aliphatic rings. The van der Waals surface area contributed by atoms with Crippen molar-refractivity contribution in [1.82, 2.24) is 4.90 Å². The number of carbonyl (C=O) groups is 2. The van der Waals surface area contributed by atoms with Gasteiger partial charge in [0, 0.05) is 6.61 Å². The van der Waals surface area contributed by atoms with E-state index in [9.17, 15) is 9.59 Å². The van der Waals surface area contributed by atoms with Gasteiger partial charge in [-0.05, 0) is 25.0 Å². The van der Waals surface area contributed by atoms with Crippen LogP contribution < -0.4 is 0 Å². The van der Waals surface area contributed by atoms with E-state index < -0.39 is 0 Å². The summed E-state index contributed by atoms with van der Waals surface area (Å²) in [6, 6.07) is 6.92. The SMILES string of the molecule is C=CC[C@H](CN1C(=O)c2ccccc2C1=O)OCCCC. The normalized spacial score (nSPS) is 15.2. The second-order valence-corrected chi connectivity index (χ2v) is 5.14. The maximum Gasteiger partial charge on any atom is 0.261 e. The monoisotopic (exact) mass is 287 g/mol. The molecule has 0 fully saturated rings. The first kappa shape index (κ1) is 15.4. The fourth-order valence-corrected chi connectivity index (χ4v) is 2.38. The molecule has 112 valence electrons. The Morgan fingerprint density at radius 2 is 1.86 bits per heavy atom. The van der Waals surface area contributed by atoms with Crippen LogP contribution in [0.25, 0.3) is 0 Å². The minimum Gasteiger partial charge on any atom is -0.376 e. The zero-order valence-electron chi connectivity index (χ0n) is 12.4. The summed E-state index contributed by atoms with van der Waals surface area (Å²) in [6.45, 7) is 6.72. The summed E-state index contributed by atoms with van der Waals surface area (Å²) >= 11 is 0. The number of hydrogen-bond acceptors (Lipinski definition) is 3. The molecule has 0 radical (unpaired) electrons. The lowest BCUT2D eigenvalue weighted by molar-refractivity contribution is 0.0248.